The van der Waals surface area contributed by atoms with E-state index in [1.165, 1.54) is 18.2 Å². The van der Waals surface area contributed by atoms with E-state index in [1.54, 1.807) is 26.8 Å². The molecule has 2 unspecified atom stereocenters. The highest BCUT2D eigenvalue weighted by Gasteiger charge is 2.38. The number of nitro benzene ring substituents is 1. The smallest absolute Gasteiger partial charge is 0.336 e. The summed E-state index contributed by atoms with van der Waals surface area (Å²) in [5.74, 6) is -2.21. The maximum atomic E-state index is 13.3. The van der Waals surface area contributed by atoms with E-state index in [9.17, 15) is 24.8 Å². The van der Waals surface area contributed by atoms with Crippen molar-refractivity contribution < 1.29 is 29.1 Å². The first-order valence-corrected chi connectivity index (χ1v) is 12.0. The fourth-order valence-electron chi connectivity index (χ4n) is 4.22. The van der Waals surface area contributed by atoms with Crippen molar-refractivity contribution in [2.24, 2.45) is 0 Å². The number of carbonyl (C=O) groups is 2. The normalized spacial score (nSPS) is 16.2. The molecule has 0 aromatic heterocycles. The highest BCUT2D eigenvalue weighted by molar-refractivity contribution is 6.00. The molecule has 10 heteroatoms. The van der Waals surface area contributed by atoms with Crippen LogP contribution in [0.2, 0.25) is 0 Å². The van der Waals surface area contributed by atoms with Crippen molar-refractivity contribution in [3.8, 4) is 0 Å². The maximum Gasteiger partial charge on any atom is 0.336 e. The van der Waals surface area contributed by atoms with E-state index < -0.39 is 28.9 Å². The zero-order valence-electron chi connectivity index (χ0n) is 21.0. The van der Waals surface area contributed by atoms with Crippen LogP contribution in [0.15, 0.2) is 77.1 Å². The molecule has 3 N–H and O–H groups in total. The zero-order chi connectivity index (χ0) is 26.9. The van der Waals surface area contributed by atoms with Gasteiger partial charge in [0.1, 0.15) is 6.61 Å². The van der Waals surface area contributed by atoms with Gasteiger partial charge < -0.3 is 25.2 Å². The number of rotatable bonds is 11. The van der Waals surface area contributed by atoms with Gasteiger partial charge in [0.25, 0.3) is 5.69 Å². The van der Waals surface area contributed by atoms with Gasteiger partial charge in [-0.2, -0.15) is 0 Å². The van der Waals surface area contributed by atoms with Gasteiger partial charge in [0.15, 0.2) is 0 Å². The average Bonchev–Trinajstić information content (AvgIpc) is 2.88. The minimum atomic E-state index is -0.916. The molecule has 1 aliphatic heterocycles. The van der Waals surface area contributed by atoms with Crippen molar-refractivity contribution in [2.45, 2.75) is 32.8 Å². The minimum Gasteiger partial charge on any atom is -0.463 e. The lowest BCUT2D eigenvalue weighted by molar-refractivity contribution is -0.384. The summed E-state index contributed by atoms with van der Waals surface area (Å²) in [6, 6.07) is 15.0. The number of dihydropyridines is 1. The second-order valence-electron chi connectivity index (χ2n) is 8.47. The first kappa shape index (κ1) is 27.6. The lowest BCUT2D eigenvalue weighted by Crippen LogP contribution is -2.33. The Morgan fingerprint density at radius 3 is 2.32 bits per heavy atom. The third kappa shape index (κ3) is 6.81. The molecule has 0 radical (unpaired) electrons. The van der Waals surface area contributed by atoms with E-state index in [-0.39, 0.29) is 43.1 Å². The summed E-state index contributed by atoms with van der Waals surface area (Å²) >= 11 is 0. The molecule has 1 heterocycles. The van der Waals surface area contributed by atoms with Gasteiger partial charge in [-0.25, -0.2) is 9.59 Å². The van der Waals surface area contributed by atoms with Crippen LogP contribution in [0.25, 0.3) is 0 Å². The van der Waals surface area contributed by atoms with E-state index in [1.807, 2.05) is 30.3 Å². The number of aliphatic hydroxyl groups is 1. The SMILES string of the molecule is CCOC(=O)C1=C(C)NC(C)=C(C(=O)OCCNCC(O)c2ccccc2)C1c1cccc([N+](=O)[O-])c1. The van der Waals surface area contributed by atoms with Crippen molar-refractivity contribution in [3.05, 3.63) is 98.4 Å². The van der Waals surface area contributed by atoms with Crippen LogP contribution in [0.1, 0.15) is 43.9 Å². The van der Waals surface area contributed by atoms with Gasteiger partial charge in [-0.15, -0.1) is 0 Å². The number of allylic oxidation sites excluding steroid dienone is 2. The number of non-ortho nitro benzene ring substituents is 1. The third-order valence-electron chi connectivity index (χ3n) is 5.92. The van der Waals surface area contributed by atoms with E-state index in [0.717, 1.165) is 5.56 Å². The number of nitro groups is 1. The zero-order valence-corrected chi connectivity index (χ0v) is 21.0. The van der Waals surface area contributed by atoms with E-state index in [4.69, 9.17) is 9.47 Å². The summed E-state index contributed by atoms with van der Waals surface area (Å²) in [5, 5.41) is 27.8. The van der Waals surface area contributed by atoms with Crippen molar-refractivity contribution >= 4 is 17.6 Å². The van der Waals surface area contributed by atoms with Gasteiger partial charge in [-0.3, -0.25) is 10.1 Å². The van der Waals surface area contributed by atoms with Crippen molar-refractivity contribution in [1.82, 2.24) is 10.6 Å². The van der Waals surface area contributed by atoms with Crippen LogP contribution in [0, 0.1) is 10.1 Å². The highest BCUT2D eigenvalue weighted by Crippen LogP contribution is 2.40. The summed E-state index contributed by atoms with van der Waals surface area (Å²) in [6.07, 6.45) is -0.706. The molecule has 0 saturated heterocycles. The van der Waals surface area contributed by atoms with Crippen LogP contribution in [-0.4, -0.2) is 48.3 Å². The van der Waals surface area contributed by atoms with Crippen LogP contribution < -0.4 is 10.6 Å². The largest absolute Gasteiger partial charge is 0.463 e. The predicted molar refractivity (Wildman–Crippen MR) is 136 cm³/mol. The second kappa shape index (κ2) is 12.8. The van der Waals surface area contributed by atoms with Gasteiger partial charge in [0, 0.05) is 36.6 Å². The molecular formula is C27H31N3O7. The number of carbonyl (C=O) groups excluding carboxylic acids is 2. The van der Waals surface area contributed by atoms with E-state index in [2.05, 4.69) is 10.6 Å². The number of aliphatic hydroxyl groups excluding tert-OH is 1. The number of hydrogen-bond donors (Lipinski definition) is 3. The van der Waals surface area contributed by atoms with Crippen molar-refractivity contribution in [2.75, 3.05) is 26.3 Å². The maximum absolute atomic E-state index is 13.3. The van der Waals surface area contributed by atoms with Gasteiger partial charge in [0.2, 0.25) is 0 Å². The Labute approximate surface area is 215 Å². The Bertz CT molecular complexity index is 1210. The molecule has 0 amide bonds. The van der Waals surface area contributed by atoms with Crippen LogP contribution in [-0.2, 0) is 19.1 Å². The molecule has 3 rings (SSSR count). The standard InChI is InChI=1S/C27H31N3O7/c1-4-36-26(32)23-17(2)29-18(3)24(25(23)20-11-8-12-21(15-20)30(34)35)27(33)37-14-13-28-16-22(31)19-9-6-5-7-10-19/h5-12,15,22,25,28-29,31H,4,13-14,16H2,1-3H3. The molecule has 0 fully saturated rings. The highest BCUT2D eigenvalue weighted by atomic mass is 16.6. The first-order valence-electron chi connectivity index (χ1n) is 12.0. The lowest BCUT2D eigenvalue weighted by atomic mass is 9.80. The molecular weight excluding hydrogens is 478 g/mol. The molecule has 2 aromatic carbocycles. The first-order chi connectivity index (χ1) is 17.7. The van der Waals surface area contributed by atoms with Crippen molar-refractivity contribution in [3.63, 3.8) is 0 Å². The molecule has 196 valence electrons. The summed E-state index contributed by atoms with van der Waals surface area (Å²) in [6.45, 7) is 5.73. The van der Waals surface area contributed by atoms with E-state index in [0.29, 0.717) is 17.0 Å². The Morgan fingerprint density at radius 1 is 1.05 bits per heavy atom. The lowest BCUT2D eigenvalue weighted by Gasteiger charge is -2.30. The molecule has 1 aliphatic rings. The van der Waals surface area contributed by atoms with E-state index >= 15 is 0 Å². The molecule has 2 aromatic rings. The number of nitrogens with zero attached hydrogens (tertiary/aromatic N) is 1. The summed E-state index contributed by atoms with van der Waals surface area (Å²) in [4.78, 5) is 37.0. The Kier molecular flexibility index (Phi) is 9.53. The monoisotopic (exact) mass is 509 g/mol. The second-order valence-corrected chi connectivity index (χ2v) is 8.47. The quantitative estimate of drug-likeness (QED) is 0.180. The Hall–Kier alpha value is -4.02. The molecule has 0 aliphatic carbocycles. The topological polar surface area (TPSA) is 140 Å². The minimum absolute atomic E-state index is 0.0101. The fraction of sp³-hybridized carbons (Fsp3) is 0.333. The van der Waals surface area contributed by atoms with Gasteiger partial charge >= 0.3 is 11.9 Å². The molecule has 0 bridgehead atoms. The fourth-order valence-corrected chi connectivity index (χ4v) is 4.22. The van der Waals surface area contributed by atoms with Crippen LogP contribution in [0.3, 0.4) is 0 Å². The number of hydrogen-bond acceptors (Lipinski definition) is 9. The average molecular weight is 510 g/mol. The van der Waals surface area contributed by atoms with Crippen LogP contribution >= 0.6 is 0 Å². The predicted octanol–water partition coefficient (Wildman–Crippen LogP) is 3.26. The number of nitrogens with one attached hydrogen (secondary N) is 2. The molecule has 2 atom stereocenters. The molecule has 0 saturated carbocycles. The number of esters is 2. The van der Waals surface area contributed by atoms with Crippen LogP contribution in [0.4, 0.5) is 5.69 Å². The Morgan fingerprint density at radius 2 is 1.70 bits per heavy atom. The summed E-state index contributed by atoms with van der Waals surface area (Å²) < 4.78 is 10.7. The molecule has 0 spiro atoms. The molecule has 37 heavy (non-hydrogen) atoms. The van der Waals surface area contributed by atoms with Gasteiger partial charge in [-0.05, 0) is 31.9 Å². The summed E-state index contributed by atoms with van der Waals surface area (Å²) in [7, 11) is 0. The van der Waals surface area contributed by atoms with Gasteiger partial charge in [0.05, 0.1) is 34.7 Å². The van der Waals surface area contributed by atoms with Gasteiger partial charge in [-0.1, -0.05) is 42.5 Å². The Balaban J connectivity index is 1.77. The van der Waals surface area contributed by atoms with Crippen molar-refractivity contribution in [1.29, 1.82) is 0 Å². The number of ether oxygens (including phenoxy) is 2. The number of benzene rings is 2. The third-order valence-corrected chi connectivity index (χ3v) is 5.92. The molecule has 10 nitrogen and oxygen atoms in total. The summed E-state index contributed by atoms with van der Waals surface area (Å²) in [5.41, 5.74) is 2.31. The van der Waals surface area contributed by atoms with Crippen LogP contribution in [0.5, 0.6) is 0 Å².